The molecule has 1 N–H and O–H groups in total. The molecule has 3 heteroatoms. The minimum atomic E-state index is -0.1000. The van der Waals surface area contributed by atoms with Gasteiger partial charge in [0.2, 0.25) is 0 Å². The highest BCUT2D eigenvalue weighted by molar-refractivity contribution is 9.10. The minimum absolute atomic E-state index is 0.1000. The molecular formula is C15H23BrFN. The van der Waals surface area contributed by atoms with Gasteiger partial charge in [0.25, 0.3) is 0 Å². The lowest BCUT2D eigenvalue weighted by Crippen LogP contribution is -2.33. The summed E-state index contributed by atoms with van der Waals surface area (Å²) < 4.78 is 14.8. The topological polar surface area (TPSA) is 12.0 Å². The van der Waals surface area contributed by atoms with Crippen molar-refractivity contribution in [1.29, 1.82) is 0 Å². The fraction of sp³-hybridized carbons (Fsp3) is 0.600. The van der Waals surface area contributed by atoms with E-state index >= 15 is 0 Å². The molecule has 1 aromatic carbocycles. The Kier molecular flexibility index (Phi) is 6.30. The second-order valence-corrected chi connectivity index (χ2v) is 6.17. The van der Waals surface area contributed by atoms with Gasteiger partial charge >= 0.3 is 0 Å². The van der Waals surface area contributed by atoms with E-state index in [1.54, 1.807) is 12.1 Å². The molecule has 0 aliphatic rings. The summed E-state index contributed by atoms with van der Waals surface area (Å²) in [5.41, 5.74) is 0.921. The number of hydrogen-bond donors (Lipinski definition) is 1. The van der Waals surface area contributed by atoms with E-state index in [1.165, 1.54) is 0 Å². The fourth-order valence-electron chi connectivity index (χ4n) is 2.41. The van der Waals surface area contributed by atoms with Gasteiger partial charge in [-0.15, -0.1) is 0 Å². The second-order valence-electron chi connectivity index (χ2n) is 5.25. The van der Waals surface area contributed by atoms with Crippen LogP contribution in [0.3, 0.4) is 0 Å². The van der Waals surface area contributed by atoms with Crippen LogP contribution < -0.4 is 5.32 Å². The molecule has 0 radical (unpaired) electrons. The molecule has 0 saturated carbocycles. The molecule has 1 nitrogen and oxygen atoms in total. The van der Waals surface area contributed by atoms with Crippen molar-refractivity contribution in [2.24, 2.45) is 5.41 Å². The second kappa shape index (κ2) is 7.25. The third-order valence-electron chi connectivity index (χ3n) is 3.28. The van der Waals surface area contributed by atoms with Crippen molar-refractivity contribution >= 4 is 15.9 Å². The third kappa shape index (κ3) is 4.69. The first kappa shape index (κ1) is 15.6. The van der Waals surface area contributed by atoms with Crippen LogP contribution in [0.1, 0.15) is 39.2 Å². The van der Waals surface area contributed by atoms with E-state index in [0.717, 1.165) is 42.4 Å². The van der Waals surface area contributed by atoms with Gasteiger partial charge in [-0.25, -0.2) is 4.39 Å². The summed E-state index contributed by atoms with van der Waals surface area (Å²) in [4.78, 5) is 0. The smallest absolute Gasteiger partial charge is 0.126 e. The van der Waals surface area contributed by atoms with Crippen molar-refractivity contribution in [3.63, 3.8) is 0 Å². The van der Waals surface area contributed by atoms with Crippen LogP contribution in [0.5, 0.6) is 0 Å². The van der Waals surface area contributed by atoms with E-state index in [2.05, 4.69) is 42.0 Å². The molecule has 1 rings (SSSR count). The summed E-state index contributed by atoms with van der Waals surface area (Å²) in [6, 6.07) is 5.19. The van der Waals surface area contributed by atoms with Crippen molar-refractivity contribution in [3.8, 4) is 0 Å². The SMILES string of the molecule is CCCC(C)(CNCC)Cc1cc(Br)ccc1F. The Morgan fingerprint density at radius 3 is 2.67 bits per heavy atom. The zero-order valence-electron chi connectivity index (χ0n) is 11.5. The first-order chi connectivity index (χ1) is 8.50. The normalized spacial score (nSPS) is 14.5. The van der Waals surface area contributed by atoms with E-state index in [4.69, 9.17) is 0 Å². The first-order valence-corrected chi connectivity index (χ1v) is 7.44. The molecule has 102 valence electrons. The molecule has 18 heavy (non-hydrogen) atoms. The van der Waals surface area contributed by atoms with Crippen molar-refractivity contribution in [2.45, 2.75) is 40.0 Å². The Morgan fingerprint density at radius 2 is 2.06 bits per heavy atom. The van der Waals surface area contributed by atoms with Crippen LogP contribution in [-0.4, -0.2) is 13.1 Å². The summed E-state index contributed by atoms with van der Waals surface area (Å²) in [5.74, 6) is -0.1000. The summed E-state index contributed by atoms with van der Waals surface area (Å²) in [6.45, 7) is 8.41. The molecule has 1 aromatic rings. The highest BCUT2D eigenvalue weighted by Crippen LogP contribution is 2.29. The molecule has 1 atom stereocenters. The highest BCUT2D eigenvalue weighted by Gasteiger charge is 2.24. The van der Waals surface area contributed by atoms with Crippen molar-refractivity contribution in [3.05, 3.63) is 34.1 Å². The Balaban J connectivity index is 2.84. The Hall–Kier alpha value is -0.410. The molecular weight excluding hydrogens is 293 g/mol. The Labute approximate surface area is 118 Å². The van der Waals surface area contributed by atoms with Crippen molar-refractivity contribution < 1.29 is 4.39 Å². The molecule has 0 fully saturated rings. The van der Waals surface area contributed by atoms with E-state index in [-0.39, 0.29) is 11.2 Å². The van der Waals surface area contributed by atoms with Crippen LogP contribution in [0.15, 0.2) is 22.7 Å². The zero-order valence-corrected chi connectivity index (χ0v) is 13.1. The zero-order chi connectivity index (χ0) is 13.6. The minimum Gasteiger partial charge on any atom is -0.316 e. The molecule has 0 aromatic heterocycles. The van der Waals surface area contributed by atoms with Gasteiger partial charge in [-0.05, 0) is 48.6 Å². The van der Waals surface area contributed by atoms with Gasteiger partial charge in [-0.2, -0.15) is 0 Å². The number of nitrogens with one attached hydrogen (secondary N) is 1. The number of halogens is 2. The Bertz CT molecular complexity index is 381. The average Bonchev–Trinajstić information content (AvgIpc) is 2.32. The predicted octanol–water partition coefficient (Wildman–Crippen LogP) is 4.55. The summed E-state index contributed by atoms with van der Waals surface area (Å²) in [7, 11) is 0. The van der Waals surface area contributed by atoms with Crippen LogP contribution >= 0.6 is 15.9 Å². The van der Waals surface area contributed by atoms with Gasteiger partial charge < -0.3 is 5.32 Å². The lowest BCUT2D eigenvalue weighted by molar-refractivity contribution is 0.274. The number of benzene rings is 1. The van der Waals surface area contributed by atoms with E-state index in [9.17, 15) is 4.39 Å². The van der Waals surface area contributed by atoms with E-state index < -0.39 is 0 Å². The third-order valence-corrected chi connectivity index (χ3v) is 3.77. The van der Waals surface area contributed by atoms with E-state index in [1.807, 2.05) is 6.07 Å². The molecule has 0 heterocycles. The summed E-state index contributed by atoms with van der Waals surface area (Å²) in [6.07, 6.45) is 3.00. The summed E-state index contributed by atoms with van der Waals surface area (Å²) >= 11 is 3.41. The maximum atomic E-state index is 13.8. The maximum absolute atomic E-state index is 13.8. The van der Waals surface area contributed by atoms with E-state index in [0.29, 0.717) is 0 Å². The lowest BCUT2D eigenvalue weighted by Gasteiger charge is -2.30. The van der Waals surface area contributed by atoms with Crippen LogP contribution in [0.2, 0.25) is 0 Å². The maximum Gasteiger partial charge on any atom is 0.126 e. The van der Waals surface area contributed by atoms with Crippen LogP contribution in [-0.2, 0) is 6.42 Å². The molecule has 0 bridgehead atoms. The van der Waals surface area contributed by atoms with Gasteiger partial charge in [-0.1, -0.05) is 43.1 Å². The van der Waals surface area contributed by atoms with Crippen LogP contribution in [0.4, 0.5) is 4.39 Å². The number of hydrogen-bond acceptors (Lipinski definition) is 1. The molecule has 1 unspecified atom stereocenters. The lowest BCUT2D eigenvalue weighted by atomic mass is 9.79. The van der Waals surface area contributed by atoms with Gasteiger partial charge in [0.15, 0.2) is 0 Å². The van der Waals surface area contributed by atoms with Crippen LogP contribution in [0.25, 0.3) is 0 Å². The van der Waals surface area contributed by atoms with Crippen molar-refractivity contribution in [2.75, 3.05) is 13.1 Å². The first-order valence-electron chi connectivity index (χ1n) is 6.65. The standard InChI is InChI=1S/C15H23BrFN/c1-4-8-15(3,11-18-5-2)10-12-9-13(16)6-7-14(12)17/h6-7,9,18H,4-5,8,10-11H2,1-3H3. The highest BCUT2D eigenvalue weighted by atomic mass is 79.9. The molecule has 0 aliphatic carbocycles. The summed E-state index contributed by atoms with van der Waals surface area (Å²) in [5, 5.41) is 3.39. The number of rotatable bonds is 7. The quantitative estimate of drug-likeness (QED) is 0.778. The van der Waals surface area contributed by atoms with Crippen LogP contribution in [0, 0.1) is 11.2 Å². The molecule has 0 spiro atoms. The molecule has 0 amide bonds. The van der Waals surface area contributed by atoms with Gasteiger partial charge in [0.1, 0.15) is 5.82 Å². The molecule has 0 aliphatic heterocycles. The largest absolute Gasteiger partial charge is 0.316 e. The molecule has 0 saturated heterocycles. The van der Waals surface area contributed by atoms with Gasteiger partial charge in [-0.3, -0.25) is 0 Å². The predicted molar refractivity (Wildman–Crippen MR) is 79.4 cm³/mol. The monoisotopic (exact) mass is 315 g/mol. The van der Waals surface area contributed by atoms with Crippen molar-refractivity contribution in [1.82, 2.24) is 5.32 Å². The Morgan fingerprint density at radius 1 is 1.33 bits per heavy atom. The van der Waals surface area contributed by atoms with Gasteiger partial charge in [0.05, 0.1) is 0 Å². The fourth-order valence-corrected chi connectivity index (χ4v) is 2.82. The van der Waals surface area contributed by atoms with Gasteiger partial charge in [0, 0.05) is 11.0 Å². The average molecular weight is 316 g/mol.